The molecule has 0 radical (unpaired) electrons. The standard InChI is InChI=1S/C16H17NO5S/c1-21-13-8-11(9-14(10-13)22-2)16(18)17-12-4-6-15(7-5-12)23(3,19)20/h4-10H,1-3H3,(H,17,18). The van der Waals surface area contributed by atoms with Crippen molar-refractivity contribution in [3.63, 3.8) is 0 Å². The van der Waals surface area contributed by atoms with E-state index in [0.29, 0.717) is 22.7 Å². The van der Waals surface area contributed by atoms with Crippen molar-refractivity contribution in [3.8, 4) is 11.5 Å². The molecular weight excluding hydrogens is 318 g/mol. The van der Waals surface area contributed by atoms with Crippen LogP contribution in [0.4, 0.5) is 5.69 Å². The van der Waals surface area contributed by atoms with Gasteiger partial charge >= 0.3 is 0 Å². The number of hydrogen-bond donors (Lipinski definition) is 1. The molecule has 0 aliphatic rings. The van der Waals surface area contributed by atoms with Gasteiger partial charge in [-0.05, 0) is 36.4 Å². The molecule has 2 aromatic carbocycles. The maximum atomic E-state index is 12.3. The normalized spacial score (nSPS) is 10.9. The van der Waals surface area contributed by atoms with Crippen LogP contribution >= 0.6 is 0 Å². The number of carbonyl (C=O) groups excluding carboxylic acids is 1. The Kier molecular flexibility index (Phi) is 4.90. The van der Waals surface area contributed by atoms with Gasteiger partial charge in [0.2, 0.25) is 0 Å². The number of amides is 1. The van der Waals surface area contributed by atoms with Gasteiger partial charge in [-0.15, -0.1) is 0 Å². The first-order valence-electron chi connectivity index (χ1n) is 6.68. The number of methoxy groups -OCH3 is 2. The average Bonchev–Trinajstić information content (AvgIpc) is 2.53. The minimum atomic E-state index is -3.26. The molecule has 0 aliphatic heterocycles. The number of hydrogen-bond acceptors (Lipinski definition) is 5. The first-order valence-corrected chi connectivity index (χ1v) is 8.57. The van der Waals surface area contributed by atoms with Gasteiger partial charge in [0.15, 0.2) is 9.84 Å². The molecule has 1 amide bonds. The van der Waals surface area contributed by atoms with Crippen LogP contribution in [0.25, 0.3) is 0 Å². The highest BCUT2D eigenvalue weighted by Crippen LogP contribution is 2.23. The summed E-state index contributed by atoms with van der Waals surface area (Å²) in [5.41, 5.74) is 0.859. The lowest BCUT2D eigenvalue weighted by Gasteiger charge is -2.09. The second-order valence-electron chi connectivity index (χ2n) is 4.85. The fourth-order valence-corrected chi connectivity index (χ4v) is 2.56. The lowest BCUT2D eigenvalue weighted by atomic mass is 10.2. The van der Waals surface area contributed by atoms with Crippen molar-refractivity contribution in [2.24, 2.45) is 0 Å². The zero-order chi connectivity index (χ0) is 17.0. The maximum absolute atomic E-state index is 12.3. The van der Waals surface area contributed by atoms with E-state index in [1.54, 1.807) is 18.2 Å². The highest BCUT2D eigenvalue weighted by atomic mass is 32.2. The molecule has 23 heavy (non-hydrogen) atoms. The number of rotatable bonds is 5. The van der Waals surface area contributed by atoms with Crippen LogP contribution in [0.1, 0.15) is 10.4 Å². The molecule has 1 N–H and O–H groups in total. The first-order chi connectivity index (χ1) is 10.8. The van der Waals surface area contributed by atoms with Crippen molar-refractivity contribution in [2.45, 2.75) is 4.90 Å². The lowest BCUT2D eigenvalue weighted by Crippen LogP contribution is -2.12. The summed E-state index contributed by atoms with van der Waals surface area (Å²) < 4.78 is 33.1. The molecule has 2 rings (SSSR count). The van der Waals surface area contributed by atoms with Crippen molar-refractivity contribution in [1.29, 1.82) is 0 Å². The summed E-state index contributed by atoms with van der Waals surface area (Å²) in [4.78, 5) is 12.5. The van der Waals surface area contributed by atoms with E-state index in [1.165, 1.54) is 38.5 Å². The molecule has 0 atom stereocenters. The number of benzene rings is 2. The molecule has 7 heteroatoms. The molecule has 122 valence electrons. The Morgan fingerprint density at radius 1 is 0.957 bits per heavy atom. The van der Waals surface area contributed by atoms with Crippen LogP contribution in [0.5, 0.6) is 11.5 Å². The molecule has 0 fully saturated rings. The largest absolute Gasteiger partial charge is 0.497 e. The van der Waals surface area contributed by atoms with Crippen molar-refractivity contribution < 1.29 is 22.7 Å². The summed E-state index contributed by atoms with van der Waals surface area (Å²) in [6.45, 7) is 0. The van der Waals surface area contributed by atoms with E-state index in [2.05, 4.69) is 5.32 Å². The zero-order valence-corrected chi connectivity index (χ0v) is 13.8. The summed E-state index contributed by atoms with van der Waals surface area (Å²) in [5.74, 6) is 0.651. The van der Waals surface area contributed by atoms with E-state index in [4.69, 9.17) is 9.47 Å². The van der Waals surface area contributed by atoms with Crippen LogP contribution in [-0.2, 0) is 9.84 Å². The minimum Gasteiger partial charge on any atom is -0.497 e. The summed E-state index contributed by atoms with van der Waals surface area (Å²) in [6.07, 6.45) is 1.13. The van der Waals surface area contributed by atoms with Gasteiger partial charge in [0, 0.05) is 23.6 Å². The maximum Gasteiger partial charge on any atom is 0.255 e. The van der Waals surface area contributed by atoms with E-state index in [-0.39, 0.29) is 10.8 Å². The molecule has 0 aliphatic carbocycles. The summed E-state index contributed by atoms with van der Waals surface area (Å²) in [7, 11) is -0.263. The molecule has 0 aromatic heterocycles. The molecule has 0 spiro atoms. The topological polar surface area (TPSA) is 81.7 Å². The van der Waals surface area contributed by atoms with Crippen molar-refractivity contribution in [2.75, 3.05) is 25.8 Å². The monoisotopic (exact) mass is 335 g/mol. The molecule has 0 bridgehead atoms. The fourth-order valence-electron chi connectivity index (χ4n) is 1.93. The van der Waals surface area contributed by atoms with Crippen LogP contribution in [0.15, 0.2) is 47.4 Å². The van der Waals surface area contributed by atoms with E-state index in [9.17, 15) is 13.2 Å². The highest BCUT2D eigenvalue weighted by molar-refractivity contribution is 7.90. The number of anilines is 1. The molecule has 0 saturated carbocycles. The van der Waals surface area contributed by atoms with Gasteiger partial charge in [0.05, 0.1) is 19.1 Å². The Morgan fingerprint density at radius 3 is 1.91 bits per heavy atom. The van der Waals surface area contributed by atoms with Gasteiger partial charge in [-0.2, -0.15) is 0 Å². The third-order valence-corrected chi connectivity index (χ3v) is 4.28. The fraction of sp³-hybridized carbons (Fsp3) is 0.188. The quantitative estimate of drug-likeness (QED) is 0.907. The Balaban J connectivity index is 2.22. The number of ether oxygens (including phenoxy) is 2. The number of sulfone groups is 1. The predicted octanol–water partition coefficient (Wildman–Crippen LogP) is 2.36. The van der Waals surface area contributed by atoms with E-state index in [1.807, 2.05) is 0 Å². The van der Waals surface area contributed by atoms with Gasteiger partial charge in [-0.3, -0.25) is 4.79 Å². The second-order valence-corrected chi connectivity index (χ2v) is 6.87. The van der Waals surface area contributed by atoms with Gasteiger partial charge in [-0.25, -0.2) is 8.42 Å². The van der Waals surface area contributed by atoms with Gasteiger partial charge in [0.1, 0.15) is 11.5 Å². The van der Waals surface area contributed by atoms with Gasteiger partial charge < -0.3 is 14.8 Å². The molecule has 0 saturated heterocycles. The number of nitrogens with one attached hydrogen (secondary N) is 1. The second kappa shape index (κ2) is 6.70. The summed E-state index contributed by atoms with van der Waals surface area (Å²) in [6, 6.07) is 10.8. The van der Waals surface area contributed by atoms with Crippen LogP contribution in [0, 0.1) is 0 Å². The van der Waals surface area contributed by atoms with Gasteiger partial charge in [-0.1, -0.05) is 0 Å². The average molecular weight is 335 g/mol. The van der Waals surface area contributed by atoms with E-state index >= 15 is 0 Å². The molecule has 6 nitrogen and oxygen atoms in total. The van der Waals surface area contributed by atoms with E-state index in [0.717, 1.165) is 6.26 Å². The van der Waals surface area contributed by atoms with Crippen LogP contribution in [0.2, 0.25) is 0 Å². The van der Waals surface area contributed by atoms with Crippen LogP contribution in [-0.4, -0.2) is 34.8 Å². The highest BCUT2D eigenvalue weighted by Gasteiger charge is 2.11. The minimum absolute atomic E-state index is 0.193. The zero-order valence-electron chi connectivity index (χ0n) is 13.0. The first kappa shape index (κ1) is 16.8. The lowest BCUT2D eigenvalue weighted by molar-refractivity contribution is 0.102. The number of carbonyl (C=O) groups is 1. The van der Waals surface area contributed by atoms with Gasteiger partial charge in [0.25, 0.3) is 5.91 Å². The Morgan fingerprint density at radius 2 is 1.48 bits per heavy atom. The van der Waals surface area contributed by atoms with Crippen molar-refractivity contribution >= 4 is 21.4 Å². The summed E-state index contributed by atoms with van der Waals surface area (Å²) >= 11 is 0. The van der Waals surface area contributed by atoms with Crippen molar-refractivity contribution in [1.82, 2.24) is 0 Å². The molecule has 2 aromatic rings. The SMILES string of the molecule is COc1cc(OC)cc(C(=O)Nc2ccc(S(C)(=O)=O)cc2)c1. The molecule has 0 heterocycles. The molecular formula is C16H17NO5S. The van der Waals surface area contributed by atoms with E-state index < -0.39 is 9.84 Å². The smallest absolute Gasteiger partial charge is 0.255 e. The molecule has 0 unspecified atom stereocenters. The van der Waals surface area contributed by atoms with Crippen molar-refractivity contribution in [3.05, 3.63) is 48.0 Å². The third-order valence-electron chi connectivity index (χ3n) is 3.15. The Bertz CT molecular complexity index is 791. The Labute approximate surface area is 135 Å². The Hall–Kier alpha value is -2.54. The van der Waals surface area contributed by atoms with Crippen LogP contribution < -0.4 is 14.8 Å². The van der Waals surface area contributed by atoms with Crippen LogP contribution in [0.3, 0.4) is 0 Å². The summed E-state index contributed by atoms with van der Waals surface area (Å²) in [5, 5.41) is 2.69. The predicted molar refractivity (Wildman–Crippen MR) is 87.1 cm³/mol. The third kappa shape index (κ3) is 4.23.